The SMILES string of the molecule is COCCC1(C(=O)NCc2ccc(F)c(CO)c2)CCC1. The number of nitrogens with one attached hydrogen (secondary N) is 1. The van der Waals surface area contributed by atoms with Gasteiger partial charge in [0.15, 0.2) is 0 Å². The first-order chi connectivity index (χ1) is 10.1. The third kappa shape index (κ3) is 3.60. The van der Waals surface area contributed by atoms with Gasteiger partial charge in [-0.2, -0.15) is 0 Å². The van der Waals surface area contributed by atoms with Crippen LogP contribution in [0.4, 0.5) is 4.39 Å². The van der Waals surface area contributed by atoms with Gasteiger partial charge in [-0.25, -0.2) is 4.39 Å². The zero-order chi connectivity index (χ0) is 15.3. The third-order valence-electron chi connectivity index (χ3n) is 4.31. The summed E-state index contributed by atoms with van der Waals surface area (Å²) in [6.45, 7) is 0.588. The zero-order valence-electron chi connectivity index (χ0n) is 12.3. The van der Waals surface area contributed by atoms with Crippen LogP contribution >= 0.6 is 0 Å². The molecule has 4 nitrogen and oxygen atoms in total. The number of carbonyl (C=O) groups is 1. The number of aliphatic hydroxyl groups excluding tert-OH is 1. The highest BCUT2D eigenvalue weighted by Gasteiger charge is 2.43. The normalized spacial score (nSPS) is 16.3. The summed E-state index contributed by atoms with van der Waals surface area (Å²) in [4.78, 5) is 12.4. The lowest BCUT2D eigenvalue weighted by atomic mass is 9.66. The molecule has 1 aromatic carbocycles. The lowest BCUT2D eigenvalue weighted by Gasteiger charge is -2.40. The molecule has 0 unspecified atom stereocenters. The van der Waals surface area contributed by atoms with Crippen molar-refractivity contribution in [1.82, 2.24) is 5.32 Å². The number of hydrogen-bond acceptors (Lipinski definition) is 3. The van der Waals surface area contributed by atoms with Crippen LogP contribution in [0.3, 0.4) is 0 Å². The Balaban J connectivity index is 1.94. The predicted octanol–water partition coefficient (Wildman–Crippen LogP) is 2.14. The minimum absolute atomic E-state index is 0.0423. The van der Waals surface area contributed by atoms with Crippen LogP contribution in [-0.2, 0) is 22.7 Å². The molecule has 0 aromatic heterocycles. The Kier molecular flexibility index (Phi) is 5.31. The van der Waals surface area contributed by atoms with Crippen molar-refractivity contribution in [2.75, 3.05) is 13.7 Å². The van der Waals surface area contributed by atoms with Gasteiger partial charge >= 0.3 is 0 Å². The van der Waals surface area contributed by atoms with Gasteiger partial charge in [0.05, 0.1) is 12.0 Å². The lowest BCUT2D eigenvalue weighted by molar-refractivity contribution is -0.137. The van der Waals surface area contributed by atoms with Gasteiger partial charge in [-0.15, -0.1) is 0 Å². The van der Waals surface area contributed by atoms with Gasteiger partial charge in [0.25, 0.3) is 0 Å². The Morgan fingerprint density at radius 2 is 2.24 bits per heavy atom. The number of aliphatic hydroxyl groups is 1. The van der Waals surface area contributed by atoms with Crippen molar-refractivity contribution < 1.29 is 19.0 Å². The zero-order valence-corrected chi connectivity index (χ0v) is 12.3. The third-order valence-corrected chi connectivity index (χ3v) is 4.31. The average molecular weight is 295 g/mol. The number of hydrogen-bond donors (Lipinski definition) is 2. The molecule has 21 heavy (non-hydrogen) atoms. The molecular weight excluding hydrogens is 273 g/mol. The molecule has 0 aliphatic heterocycles. The van der Waals surface area contributed by atoms with Gasteiger partial charge < -0.3 is 15.2 Å². The molecule has 0 saturated heterocycles. The van der Waals surface area contributed by atoms with E-state index in [0.29, 0.717) is 13.2 Å². The van der Waals surface area contributed by atoms with Gasteiger partial charge in [0.2, 0.25) is 5.91 Å². The number of benzene rings is 1. The second kappa shape index (κ2) is 7.00. The van der Waals surface area contributed by atoms with Crippen molar-refractivity contribution in [2.24, 2.45) is 5.41 Å². The van der Waals surface area contributed by atoms with E-state index in [1.807, 2.05) is 0 Å². The van der Waals surface area contributed by atoms with E-state index in [1.165, 1.54) is 6.07 Å². The summed E-state index contributed by atoms with van der Waals surface area (Å²) in [5.41, 5.74) is 0.741. The van der Waals surface area contributed by atoms with E-state index < -0.39 is 5.82 Å². The maximum atomic E-state index is 13.3. The molecule has 1 aromatic rings. The largest absolute Gasteiger partial charge is 0.392 e. The fraction of sp³-hybridized carbons (Fsp3) is 0.562. The summed E-state index contributed by atoms with van der Waals surface area (Å²) in [6.07, 6.45) is 3.60. The van der Waals surface area contributed by atoms with Crippen molar-refractivity contribution >= 4 is 5.91 Å². The lowest BCUT2D eigenvalue weighted by Crippen LogP contribution is -2.46. The molecule has 0 atom stereocenters. The first-order valence-electron chi connectivity index (χ1n) is 7.27. The maximum absolute atomic E-state index is 13.3. The molecule has 1 aliphatic carbocycles. The Morgan fingerprint density at radius 3 is 2.81 bits per heavy atom. The molecule has 0 radical (unpaired) electrons. The van der Waals surface area contributed by atoms with E-state index in [-0.39, 0.29) is 23.5 Å². The first-order valence-corrected chi connectivity index (χ1v) is 7.27. The fourth-order valence-corrected chi connectivity index (χ4v) is 2.72. The van der Waals surface area contributed by atoms with Gasteiger partial charge in [-0.05, 0) is 37.0 Å². The summed E-state index contributed by atoms with van der Waals surface area (Å²) in [5, 5.41) is 12.0. The highest BCUT2D eigenvalue weighted by molar-refractivity contribution is 5.83. The number of halogens is 1. The van der Waals surface area contributed by atoms with E-state index in [9.17, 15) is 9.18 Å². The van der Waals surface area contributed by atoms with Crippen LogP contribution in [0.1, 0.15) is 36.8 Å². The van der Waals surface area contributed by atoms with Crippen molar-refractivity contribution in [3.8, 4) is 0 Å². The molecule has 0 bridgehead atoms. The van der Waals surface area contributed by atoms with Crippen LogP contribution in [-0.4, -0.2) is 24.7 Å². The van der Waals surface area contributed by atoms with Crippen molar-refractivity contribution in [3.63, 3.8) is 0 Å². The quantitative estimate of drug-likeness (QED) is 0.810. The average Bonchev–Trinajstić information content (AvgIpc) is 2.45. The van der Waals surface area contributed by atoms with E-state index >= 15 is 0 Å². The molecule has 1 saturated carbocycles. The van der Waals surface area contributed by atoms with Crippen LogP contribution in [0.2, 0.25) is 0 Å². The molecule has 0 spiro atoms. The second-order valence-electron chi connectivity index (χ2n) is 5.64. The number of rotatable bonds is 7. The van der Waals surface area contributed by atoms with Crippen LogP contribution in [0.25, 0.3) is 0 Å². The van der Waals surface area contributed by atoms with Crippen LogP contribution in [0.15, 0.2) is 18.2 Å². The van der Waals surface area contributed by atoms with Crippen molar-refractivity contribution in [1.29, 1.82) is 0 Å². The minimum atomic E-state index is -0.428. The number of methoxy groups -OCH3 is 1. The second-order valence-corrected chi connectivity index (χ2v) is 5.64. The predicted molar refractivity (Wildman–Crippen MR) is 76.9 cm³/mol. The van der Waals surface area contributed by atoms with Crippen LogP contribution in [0.5, 0.6) is 0 Å². The van der Waals surface area contributed by atoms with E-state index in [2.05, 4.69) is 5.32 Å². The summed E-state index contributed by atoms with van der Waals surface area (Å²) < 4.78 is 18.4. The molecule has 116 valence electrons. The van der Waals surface area contributed by atoms with Crippen LogP contribution in [0, 0.1) is 11.2 Å². The van der Waals surface area contributed by atoms with E-state index in [0.717, 1.165) is 31.2 Å². The number of ether oxygens (including phenoxy) is 1. The number of carbonyl (C=O) groups excluding carboxylic acids is 1. The van der Waals surface area contributed by atoms with E-state index in [4.69, 9.17) is 9.84 Å². The Hall–Kier alpha value is -1.46. The van der Waals surface area contributed by atoms with Gasteiger partial charge in [0, 0.05) is 25.8 Å². The molecule has 2 N–H and O–H groups in total. The first kappa shape index (κ1) is 15.9. The summed E-state index contributed by atoms with van der Waals surface area (Å²) in [5.74, 6) is -0.385. The Labute approximate surface area is 124 Å². The molecule has 1 fully saturated rings. The highest BCUT2D eigenvalue weighted by Crippen LogP contribution is 2.44. The number of amides is 1. The monoisotopic (exact) mass is 295 g/mol. The van der Waals surface area contributed by atoms with Crippen LogP contribution < -0.4 is 5.32 Å². The Morgan fingerprint density at radius 1 is 1.48 bits per heavy atom. The van der Waals surface area contributed by atoms with Gasteiger partial charge in [0.1, 0.15) is 5.82 Å². The summed E-state index contributed by atoms with van der Waals surface area (Å²) in [7, 11) is 1.64. The Bertz CT molecular complexity index is 500. The van der Waals surface area contributed by atoms with Crippen molar-refractivity contribution in [2.45, 2.75) is 38.8 Å². The van der Waals surface area contributed by atoms with E-state index in [1.54, 1.807) is 19.2 Å². The molecule has 1 amide bonds. The minimum Gasteiger partial charge on any atom is -0.392 e. The molecule has 2 rings (SSSR count). The standard InChI is InChI=1S/C16H22FNO3/c1-21-8-7-16(5-2-6-16)15(20)18-10-12-3-4-14(17)13(9-12)11-19/h3-4,9,19H,2,5-8,10-11H2,1H3,(H,18,20). The van der Waals surface area contributed by atoms with Gasteiger partial charge in [-0.3, -0.25) is 4.79 Å². The smallest absolute Gasteiger partial charge is 0.226 e. The molecular formula is C16H22FNO3. The highest BCUT2D eigenvalue weighted by atomic mass is 19.1. The summed E-state index contributed by atoms with van der Waals surface area (Å²) in [6, 6.07) is 4.52. The van der Waals surface area contributed by atoms with Crippen molar-refractivity contribution in [3.05, 3.63) is 35.1 Å². The van der Waals surface area contributed by atoms with Gasteiger partial charge in [-0.1, -0.05) is 12.5 Å². The fourth-order valence-electron chi connectivity index (χ4n) is 2.72. The molecule has 0 heterocycles. The maximum Gasteiger partial charge on any atom is 0.226 e. The molecule has 5 heteroatoms. The summed E-state index contributed by atoms with van der Waals surface area (Å²) >= 11 is 0. The molecule has 1 aliphatic rings. The topological polar surface area (TPSA) is 58.6 Å².